The van der Waals surface area contributed by atoms with Gasteiger partial charge in [-0.15, -0.1) is 10.2 Å². The van der Waals surface area contributed by atoms with Gasteiger partial charge in [-0.05, 0) is 38.0 Å². The number of nitrogens with two attached hydrogens (primary N) is 1. The van der Waals surface area contributed by atoms with Gasteiger partial charge in [0.15, 0.2) is 5.82 Å². The highest BCUT2D eigenvalue weighted by atomic mass is 19.1. The van der Waals surface area contributed by atoms with Crippen LogP contribution in [0.3, 0.4) is 0 Å². The highest BCUT2D eigenvalue weighted by molar-refractivity contribution is 5.93. The van der Waals surface area contributed by atoms with Gasteiger partial charge in [-0.25, -0.2) is 4.39 Å². The second kappa shape index (κ2) is 7.31. The fourth-order valence-corrected chi connectivity index (χ4v) is 2.94. The maximum atomic E-state index is 14.2. The summed E-state index contributed by atoms with van der Waals surface area (Å²) in [6.07, 6.45) is 4.26. The van der Waals surface area contributed by atoms with Crippen LogP contribution in [0.1, 0.15) is 38.9 Å². The lowest BCUT2D eigenvalue weighted by molar-refractivity contribution is -0.119. The van der Waals surface area contributed by atoms with Crippen LogP contribution in [-0.4, -0.2) is 26.7 Å². The van der Waals surface area contributed by atoms with Crippen LogP contribution in [-0.2, 0) is 17.8 Å². The Balaban J connectivity index is 1.90. The van der Waals surface area contributed by atoms with Gasteiger partial charge in [0.1, 0.15) is 11.6 Å². The van der Waals surface area contributed by atoms with Gasteiger partial charge in [0, 0.05) is 24.6 Å². The number of fused-ring (bicyclic) bond motifs is 1. The molecular weight excluding hydrogens is 321 g/mol. The minimum Gasteiger partial charge on any atom is -0.327 e. The molecule has 1 aliphatic rings. The lowest BCUT2D eigenvalue weighted by Crippen LogP contribution is -2.34. The Bertz CT molecular complexity index is 771. The van der Waals surface area contributed by atoms with Crippen molar-refractivity contribution in [3.05, 3.63) is 29.8 Å². The number of carbonyl (C=O) groups is 1. The smallest absolute Gasteiger partial charge is 0.228 e. The maximum Gasteiger partial charge on any atom is 0.228 e. The Kier molecular flexibility index (Phi) is 5.13. The third-order valence-electron chi connectivity index (χ3n) is 4.79. The Hall–Kier alpha value is -2.28. The van der Waals surface area contributed by atoms with Gasteiger partial charge in [-0.1, -0.05) is 13.3 Å². The third kappa shape index (κ3) is 3.71. The van der Waals surface area contributed by atoms with Crippen molar-refractivity contribution >= 4 is 11.6 Å². The summed E-state index contributed by atoms with van der Waals surface area (Å²) < 4.78 is 16.2. The molecule has 6 nitrogen and oxygen atoms in total. The lowest BCUT2D eigenvalue weighted by Gasteiger charge is -2.16. The number of hydrogen-bond acceptors (Lipinski definition) is 4. The van der Waals surface area contributed by atoms with Crippen LogP contribution in [0, 0.1) is 11.7 Å². The van der Waals surface area contributed by atoms with Gasteiger partial charge < -0.3 is 15.6 Å². The molecule has 0 saturated carbocycles. The van der Waals surface area contributed by atoms with Crippen molar-refractivity contribution in [2.75, 3.05) is 5.32 Å². The first-order valence-corrected chi connectivity index (χ1v) is 8.76. The molecule has 0 fully saturated rings. The average Bonchev–Trinajstić information content (AvgIpc) is 2.84. The van der Waals surface area contributed by atoms with Crippen LogP contribution in [0.2, 0.25) is 0 Å². The largest absolute Gasteiger partial charge is 0.327 e. The first-order chi connectivity index (χ1) is 12.0. The van der Waals surface area contributed by atoms with Crippen molar-refractivity contribution in [2.45, 2.75) is 52.1 Å². The maximum absolute atomic E-state index is 14.2. The Morgan fingerprint density at radius 3 is 2.84 bits per heavy atom. The van der Waals surface area contributed by atoms with E-state index < -0.39 is 11.7 Å². The molecule has 3 N–H and O–H groups in total. The standard InChI is InChI=1S/C18H24FN5O/c1-11(12(2)20)18(25)21-15-10-13(7-8-14(15)19)17-23-22-16-6-4-3-5-9-24(16)17/h7-8,10-12H,3-6,9,20H2,1-2H3,(H,21,25). The molecule has 3 rings (SSSR count). The van der Waals surface area contributed by atoms with Gasteiger partial charge >= 0.3 is 0 Å². The van der Waals surface area contributed by atoms with Crippen LogP contribution in [0.4, 0.5) is 10.1 Å². The number of aryl methyl sites for hydroxylation is 1. The van der Waals surface area contributed by atoms with E-state index in [4.69, 9.17) is 5.73 Å². The number of halogens is 1. The second-order valence-electron chi connectivity index (χ2n) is 6.73. The van der Waals surface area contributed by atoms with Crippen molar-refractivity contribution in [3.8, 4) is 11.4 Å². The summed E-state index contributed by atoms with van der Waals surface area (Å²) in [5.41, 5.74) is 6.63. The van der Waals surface area contributed by atoms with Crippen molar-refractivity contribution < 1.29 is 9.18 Å². The van der Waals surface area contributed by atoms with E-state index in [1.54, 1.807) is 26.0 Å². The Labute approximate surface area is 146 Å². The van der Waals surface area contributed by atoms with Crippen LogP contribution >= 0.6 is 0 Å². The fourth-order valence-electron chi connectivity index (χ4n) is 2.94. The van der Waals surface area contributed by atoms with E-state index in [2.05, 4.69) is 20.1 Å². The van der Waals surface area contributed by atoms with E-state index in [1.165, 1.54) is 12.5 Å². The zero-order valence-corrected chi connectivity index (χ0v) is 14.6. The number of aromatic nitrogens is 3. The summed E-state index contributed by atoms with van der Waals surface area (Å²) in [6, 6.07) is 4.32. The van der Waals surface area contributed by atoms with Crippen molar-refractivity contribution in [3.63, 3.8) is 0 Å². The molecule has 1 aromatic carbocycles. The molecule has 0 radical (unpaired) electrons. The topological polar surface area (TPSA) is 85.8 Å². The molecule has 2 aromatic rings. The molecule has 2 heterocycles. The monoisotopic (exact) mass is 345 g/mol. The predicted octanol–water partition coefficient (Wildman–Crippen LogP) is 2.73. The van der Waals surface area contributed by atoms with Gasteiger partial charge in [0.05, 0.1) is 11.6 Å². The number of rotatable bonds is 4. The Morgan fingerprint density at radius 1 is 1.28 bits per heavy atom. The summed E-state index contributed by atoms with van der Waals surface area (Å²) in [5.74, 6) is 0.490. The average molecular weight is 345 g/mol. The van der Waals surface area contributed by atoms with Crippen molar-refractivity contribution in [1.82, 2.24) is 14.8 Å². The van der Waals surface area contributed by atoms with E-state index in [9.17, 15) is 9.18 Å². The molecule has 2 unspecified atom stereocenters. The molecule has 0 aliphatic carbocycles. The van der Waals surface area contributed by atoms with Crippen molar-refractivity contribution in [2.24, 2.45) is 11.7 Å². The van der Waals surface area contributed by atoms with Crippen LogP contribution < -0.4 is 11.1 Å². The van der Waals surface area contributed by atoms with Crippen molar-refractivity contribution in [1.29, 1.82) is 0 Å². The molecule has 1 aliphatic heterocycles. The van der Waals surface area contributed by atoms with Gasteiger partial charge in [-0.3, -0.25) is 4.79 Å². The molecule has 7 heteroatoms. The van der Waals surface area contributed by atoms with Gasteiger partial charge in [-0.2, -0.15) is 0 Å². The summed E-state index contributed by atoms with van der Waals surface area (Å²) in [4.78, 5) is 12.2. The predicted molar refractivity (Wildman–Crippen MR) is 94.4 cm³/mol. The third-order valence-corrected chi connectivity index (χ3v) is 4.79. The van der Waals surface area contributed by atoms with E-state index in [-0.39, 0.29) is 17.6 Å². The second-order valence-corrected chi connectivity index (χ2v) is 6.73. The number of benzene rings is 1. The summed E-state index contributed by atoms with van der Waals surface area (Å²) in [5, 5.41) is 11.2. The summed E-state index contributed by atoms with van der Waals surface area (Å²) in [7, 11) is 0. The highest BCUT2D eigenvalue weighted by Gasteiger charge is 2.20. The van der Waals surface area contributed by atoms with E-state index in [0.29, 0.717) is 5.82 Å². The molecular formula is C18H24FN5O. The minimum atomic E-state index is -0.482. The zero-order valence-electron chi connectivity index (χ0n) is 14.6. The van der Waals surface area contributed by atoms with E-state index in [0.717, 1.165) is 37.2 Å². The number of carbonyl (C=O) groups excluding carboxylic acids is 1. The molecule has 1 aromatic heterocycles. The number of anilines is 1. The SMILES string of the molecule is CC(N)C(C)C(=O)Nc1cc(-c2nnc3n2CCCCC3)ccc1F. The first kappa shape index (κ1) is 17.5. The number of nitrogens with zero attached hydrogens (tertiary/aromatic N) is 3. The molecule has 25 heavy (non-hydrogen) atoms. The fraction of sp³-hybridized carbons (Fsp3) is 0.500. The molecule has 2 atom stereocenters. The van der Waals surface area contributed by atoms with E-state index >= 15 is 0 Å². The number of amides is 1. The Morgan fingerprint density at radius 2 is 2.08 bits per heavy atom. The zero-order chi connectivity index (χ0) is 18.0. The van der Waals surface area contributed by atoms with Gasteiger partial charge in [0.2, 0.25) is 5.91 Å². The normalized spacial score (nSPS) is 16.6. The summed E-state index contributed by atoms with van der Waals surface area (Å²) >= 11 is 0. The molecule has 1 amide bonds. The molecule has 0 saturated heterocycles. The highest BCUT2D eigenvalue weighted by Crippen LogP contribution is 2.27. The van der Waals surface area contributed by atoms with E-state index in [1.807, 2.05) is 0 Å². The molecule has 134 valence electrons. The first-order valence-electron chi connectivity index (χ1n) is 8.76. The van der Waals surface area contributed by atoms with Crippen LogP contribution in [0.25, 0.3) is 11.4 Å². The van der Waals surface area contributed by atoms with Crippen LogP contribution in [0.15, 0.2) is 18.2 Å². The molecule has 0 bridgehead atoms. The lowest BCUT2D eigenvalue weighted by atomic mass is 10.0. The van der Waals surface area contributed by atoms with Crippen LogP contribution in [0.5, 0.6) is 0 Å². The number of nitrogens with one attached hydrogen (secondary N) is 1. The minimum absolute atomic E-state index is 0.140. The quantitative estimate of drug-likeness (QED) is 0.892. The summed E-state index contributed by atoms with van der Waals surface area (Å²) in [6.45, 7) is 4.33. The molecule has 0 spiro atoms. The number of hydrogen-bond donors (Lipinski definition) is 2. The van der Waals surface area contributed by atoms with Gasteiger partial charge in [0.25, 0.3) is 0 Å².